The zero-order valence-corrected chi connectivity index (χ0v) is 5.34. The normalized spacial score (nSPS) is 9.40. The molecule has 1 aromatic heterocycles. The number of nitrogen functional groups attached to an aromatic ring is 1. The highest BCUT2D eigenvalue weighted by Crippen LogP contribution is 2.17. The van der Waals surface area contributed by atoms with Crippen molar-refractivity contribution in [3.8, 4) is 5.88 Å². The van der Waals surface area contributed by atoms with Crippen LogP contribution in [0.15, 0.2) is 6.33 Å². The molecule has 1 rings (SSSR count). The van der Waals surface area contributed by atoms with Gasteiger partial charge in [0, 0.05) is 0 Å². The van der Waals surface area contributed by atoms with Crippen LogP contribution in [-0.2, 0) is 0 Å². The first-order valence-electron chi connectivity index (χ1n) is 2.55. The third kappa shape index (κ3) is 0.975. The van der Waals surface area contributed by atoms with Gasteiger partial charge in [-0.1, -0.05) is 0 Å². The SMILES string of the molecule is COc1ncnc(F)c1N. The molecule has 0 aliphatic heterocycles. The van der Waals surface area contributed by atoms with Crippen molar-refractivity contribution >= 4 is 5.69 Å². The summed E-state index contributed by atoms with van der Waals surface area (Å²) in [6.07, 6.45) is 1.05. The summed E-state index contributed by atoms with van der Waals surface area (Å²) in [6, 6.07) is 0. The second-order valence-corrected chi connectivity index (χ2v) is 1.59. The van der Waals surface area contributed by atoms with Crippen molar-refractivity contribution in [3.05, 3.63) is 12.3 Å². The van der Waals surface area contributed by atoms with E-state index in [0.717, 1.165) is 6.33 Å². The van der Waals surface area contributed by atoms with Gasteiger partial charge >= 0.3 is 0 Å². The number of methoxy groups -OCH3 is 1. The van der Waals surface area contributed by atoms with Crippen molar-refractivity contribution < 1.29 is 9.13 Å². The topological polar surface area (TPSA) is 61.0 Å². The van der Waals surface area contributed by atoms with Crippen LogP contribution in [0.4, 0.5) is 10.1 Å². The third-order valence-corrected chi connectivity index (χ3v) is 0.992. The van der Waals surface area contributed by atoms with E-state index in [4.69, 9.17) is 5.73 Å². The largest absolute Gasteiger partial charge is 0.479 e. The van der Waals surface area contributed by atoms with Crippen molar-refractivity contribution in [2.24, 2.45) is 0 Å². The number of rotatable bonds is 1. The summed E-state index contributed by atoms with van der Waals surface area (Å²) in [6.45, 7) is 0. The predicted molar refractivity (Wildman–Crippen MR) is 33.0 cm³/mol. The number of ether oxygens (including phenoxy) is 1. The van der Waals surface area contributed by atoms with Gasteiger partial charge < -0.3 is 10.5 Å². The smallest absolute Gasteiger partial charge is 0.243 e. The molecule has 1 aromatic rings. The summed E-state index contributed by atoms with van der Waals surface area (Å²) in [5.41, 5.74) is 5.01. The maximum Gasteiger partial charge on any atom is 0.243 e. The van der Waals surface area contributed by atoms with Gasteiger partial charge in [0.1, 0.15) is 6.33 Å². The Hall–Kier alpha value is -1.39. The molecule has 0 aromatic carbocycles. The van der Waals surface area contributed by atoms with Gasteiger partial charge in [0.05, 0.1) is 7.11 Å². The second kappa shape index (κ2) is 2.47. The molecule has 0 unspecified atom stereocenters. The highest BCUT2D eigenvalue weighted by molar-refractivity contribution is 5.45. The van der Waals surface area contributed by atoms with E-state index in [1.807, 2.05) is 0 Å². The summed E-state index contributed by atoms with van der Waals surface area (Å²) in [5.74, 6) is -0.695. The molecule has 2 N–H and O–H groups in total. The maximum absolute atomic E-state index is 12.4. The zero-order chi connectivity index (χ0) is 7.56. The lowest BCUT2D eigenvalue weighted by molar-refractivity contribution is 0.394. The number of hydrogen-bond donors (Lipinski definition) is 1. The minimum absolute atomic E-state index is 0.0625. The molecule has 0 amide bonds. The number of hydrogen-bond acceptors (Lipinski definition) is 4. The fourth-order valence-electron chi connectivity index (χ4n) is 0.522. The molecule has 5 heteroatoms. The van der Waals surface area contributed by atoms with Crippen molar-refractivity contribution in [1.29, 1.82) is 0 Å². The number of anilines is 1. The van der Waals surface area contributed by atoms with Crippen LogP contribution >= 0.6 is 0 Å². The zero-order valence-electron chi connectivity index (χ0n) is 5.34. The van der Waals surface area contributed by atoms with Crippen LogP contribution in [0.3, 0.4) is 0 Å². The number of nitrogens with zero attached hydrogens (tertiary/aromatic N) is 2. The van der Waals surface area contributed by atoms with Gasteiger partial charge in [-0.05, 0) is 0 Å². The second-order valence-electron chi connectivity index (χ2n) is 1.59. The van der Waals surface area contributed by atoms with Crippen LogP contribution in [-0.4, -0.2) is 17.1 Å². The molecule has 0 aliphatic rings. The summed E-state index contributed by atoms with van der Waals surface area (Å²) in [4.78, 5) is 6.76. The first-order valence-corrected chi connectivity index (χ1v) is 2.55. The van der Waals surface area contributed by atoms with Gasteiger partial charge in [-0.2, -0.15) is 9.37 Å². The monoisotopic (exact) mass is 143 g/mol. The van der Waals surface area contributed by atoms with E-state index < -0.39 is 5.95 Å². The van der Waals surface area contributed by atoms with Crippen LogP contribution in [0.25, 0.3) is 0 Å². The molecule has 1 heterocycles. The Morgan fingerprint density at radius 3 is 2.80 bits per heavy atom. The fourth-order valence-corrected chi connectivity index (χ4v) is 0.522. The molecule has 0 spiro atoms. The Labute approximate surface area is 56.9 Å². The first-order chi connectivity index (χ1) is 4.75. The Balaban J connectivity index is 3.14. The minimum Gasteiger partial charge on any atom is -0.479 e. The van der Waals surface area contributed by atoms with Gasteiger partial charge in [-0.3, -0.25) is 0 Å². The standard InChI is InChI=1S/C5H6FN3O/c1-10-5-3(7)4(6)8-2-9-5/h2H,7H2,1H3. The quantitative estimate of drug-likeness (QED) is 0.570. The molecule has 0 saturated heterocycles. The summed E-state index contributed by atoms with van der Waals surface area (Å²) < 4.78 is 17.0. The van der Waals surface area contributed by atoms with E-state index in [1.54, 1.807) is 0 Å². The number of nitrogens with two attached hydrogens (primary N) is 1. The van der Waals surface area contributed by atoms with Crippen LogP contribution in [0.1, 0.15) is 0 Å². The van der Waals surface area contributed by atoms with Gasteiger partial charge in [0.15, 0.2) is 5.69 Å². The Bertz CT molecular complexity index is 240. The molecule has 10 heavy (non-hydrogen) atoms. The Kier molecular flexibility index (Phi) is 1.66. The van der Waals surface area contributed by atoms with E-state index in [2.05, 4.69) is 14.7 Å². The number of aromatic nitrogens is 2. The summed E-state index contributed by atoms with van der Waals surface area (Å²) in [7, 11) is 1.36. The molecular weight excluding hydrogens is 137 g/mol. The van der Waals surface area contributed by atoms with E-state index in [9.17, 15) is 4.39 Å². The van der Waals surface area contributed by atoms with Gasteiger partial charge in [0.25, 0.3) is 0 Å². The maximum atomic E-state index is 12.4. The van der Waals surface area contributed by atoms with Crippen LogP contribution in [0.2, 0.25) is 0 Å². The molecule has 0 atom stereocenters. The van der Waals surface area contributed by atoms with E-state index >= 15 is 0 Å². The minimum atomic E-state index is -0.758. The molecule has 54 valence electrons. The lowest BCUT2D eigenvalue weighted by Gasteiger charge is -2.00. The van der Waals surface area contributed by atoms with Crippen molar-refractivity contribution in [2.75, 3.05) is 12.8 Å². The van der Waals surface area contributed by atoms with Gasteiger partial charge in [0.2, 0.25) is 11.8 Å². The van der Waals surface area contributed by atoms with Crippen molar-refractivity contribution in [1.82, 2.24) is 9.97 Å². The highest BCUT2D eigenvalue weighted by atomic mass is 19.1. The third-order valence-electron chi connectivity index (χ3n) is 0.992. The summed E-state index contributed by atoms with van der Waals surface area (Å²) in [5, 5.41) is 0. The van der Waals surface area contributed by atoms with E-state index in [-0.39, 0.29) is 11.6 Å². The Morgan fingerprint density at radius 1 is 1.60 bits per heavy atom. The first kappa shape index (κ1) is 6.73. The summed E-state index contributed by atoms with van der Waals surface area (Å²) >= 11 is 0. The molecule has 0 fully saturated rings. The van der Waals surface area contributed by atoms with Crippen molar-refractivity contribution in [3.63, 3.8) is 0 Å². The molecule has 0 saturated carbocycles. The number of halogens is 1. The van der Waals surface area contributed by atoms with Gasteiger partial charge in [-0.15, -0.1) is 0 Å². The predicted octanol–water partition coefficient (Wildman–Crippen LogP) is 0.207. The van der Waals surface area contributed by atoms with E-state index in [0.29, 0.717) is 0 Å². The molecular formula is C5H6FN3O. The van der Waals surface area contributed by atoms with Crippen LogP contribution in [0.5, 0.6) is 5.88 Å². The molecule has 0 bridgehead atoms. The van der Waals surface area contributed by atoms with Gasteiger partial charge in [-0.25, -0.2) is 4.98 Å². The lowest BCUT2D eigenvalue weighted by atomic mass is 10.5. The lowest BCUT2D eigenvalue weighted by Crippen LogP contribution is -1.99. The molecule has 0 aliphatic carbocycles. The molecule has 0 radical (unpaired) electrons. The van der Waals surface area contributed by atoms with Crippen molar-refractivity contribution in [2.45, 2.75) is 0 Å². The Morgan fingerprint density at radius 2 is 2.30 bits per heavy atom. The molecule has 4 nitrogen and oxygen atoms in total. The van der Waals surface area contributed by atoms with Crippen LogP contribution in [0, 0.1) is 5.95 Å². The van der Waals surface area contributed by atoms with Crippen LogP contribution < -0.4 is 10.5 Å². The fraction of sp³-hybridized carbons (Fsp3) is 0.200. The average Bonchev–Trinajstić information content (AvgIpc) is 1.95. The average molecular weight is 143 g/mol. The van der Waals surface area contributed by atoms with E-state index in [1.165, 1.54) is 7.11 Å². The highest BCUT2D eigenvalue weighted by Gasteiger charge is 2.05.